The monoisotopic (exact) mass is 676 g/mol. The van der Waals surface area contributed by atoms with Gasteiger partial charge in [0.2, 0.25) is 0 Å². The maximum atomic E-state index is 6.44. The molecule has 11 aromatic rings. The highest BCUT2D eigenvalue weighted by molar-refractivity contribution is 6.20. The fourth-order valence-electron chi connectivity index (χ4n) is 8.23. The van der Waals surface area contributed by atoms with Crippen LogP contribution in [0.25, 0.3) is 82.1 Å². The lowest BCUT2D eigenvalue weighted by Crippen LogP contribution is -2.10. The molecular weight excluding hydrogens is 645 g/mol. The number of anilines is 3. The Morgan fingerprint density at radius 1 is 0.377 bits per heavy atom. The van der Waals surface area contributed by atoms with E-state index >= 15 is 0 Å². The average Bonchev–Trinajstić information content (AvgIpc) is 3.74. The molecule has 0 saturated carbocycles. The molecule has 53 heavy (non-hydrogen) atoms. The second-order valence-corrected chi connectivity index (χ2v) is 13.8. The van der Waals surface area contributed by atoms with Crippen molar-refractivity contribution < 1.29 is 4.42 Å². The minimum absolute atomic E-state index is 0.882. The van der Waals surface area contributed by atoms with Gasteiger partial charge in [-0.1, -0.05) is 115 Å². The summed E-state index contributed by atoms with van der Waals surface area (Å²) in [6.07, 6.45) is 0. The highest BCUT2D eigenvalue weighted by Gasteiger charge is 2.22. The normalized spacial score (nSPS) is 11.8. The first-order chi connectivity index (χ1) is 26.3. The molecule has 2 heterocycles. The maximum Gasteiger partial charge on any atom is 0.136 e. The van der Waals surface area contributed by atoms with Crippen molar-refractivity contribution in [3.8, 4) is 16.8 Å². The second kappa shape index (κ2) is 11.7. The number of furan rings is 1. The minimum Gasteiger partial charge on any atom is -0.456 e. The van der Waals surface area contributed by atoms with Crippen molar-refractivity contribution in [2.24, 2.45) is 0 Å². The topological polar surface area (TPSA) is 21.3 Å². The van der Waals surface area contributed by atoms with Crippen LogP contribution in [-0.2, 0) is 0 Å². The van der Waals surface area contributed by atoms with Crippen molar-refractivity contribution in [3.05, 3.63) is 194 Å². The van der Waals surface area contributed by atoms with E-state index in [0.29, 0.717) is 0 Å². The summed E-state index contributed by atoms with van der Waals surface area (Å²) in [5.41, 5.74) is 10.9. The average molecular weight is 677 g/mol. The molecule has 0 spiro atoms. The zero-order valence-electron chi connectivity index (χ0n) is 28.8. The Labute approximate surface area is 306 Å². The van der Waals surface area contributed by atoms with Gasteiger partial charge in [-0.3, -0.25) is 0 Å². The molecule has 0 bridgehead atoms. The van der Waals surface area contributed by atoms with Crippen molar-refractivity contribution in [1.29, 1.82) is 0 Å². The Morgan fingerprint density at radius 2 is 0.981 bits per heavy atom. The van der Waals surface area contributed by atoms with Crippen molar-refractivity contribution in [2.45, 2.75) is 0 Å². The molecule has 0 radical (unpaired) electrons. The number of aromatic nitrogens is 1. The number of hydrogen-bond donors (Lipinski definition) is 0. The summed E-state index contributed by atoms with van der Waals surface area (Å²) < 4.78 is 8.87. The van der Waals surface area contributed by atoms with Crippen LogP contribution in [0.2, 0.25) is 0 Å². The number of hydrogen-bond acceptors (Lipinski definition) is 2. The van der Waals surface area contributed by atoms with Crippen LogP contribution >= 0.6 is 0 Å². The van der Waals surface area contributed by atoms with Crippen LogP contribution in [0.4, 0.5) is 17.1 Å². The third kappa shape index (κ3) is 4.75. The van der Waals surface area contributed by atoms with Gasteiger partial charge in [0.1, 0.15) is 11.2 Å². The van der Waals surface area contributed by atoms with Crippen LogP contribution in [0.5, 0.6) is 0 Å². The van der Waals surface area contributed by atoms with Crippen molar-refractivity contribution in [2.75, 3.05) is 4.90 Å². The van der Waals surface area contributed by atoms with Gasteiger partial charge in [0.15, 0.2) is 0 Å². The van der Waals surface area contributed by atoms with Crippen LogP contribution in [0.1, 0.15) is 0 Å². The van der Waals surface area contributed by atoms with Gasteiger partial charge in [-0.25, -0.2) is 0 Å². The minimum atomic E-state index is 0.882. The van der Waals surface area contributed by atoms with E-state index in [9.17, 15) is 0 Å². The summed E-state index contributed by atoms with van der Waals surface area (Å²) in [5.74, 6) is 0. The third-order valence-corrected chi connectivity index (χ3v) is 10.7. The molecule has 0 amide bonds. The van der Waals surface area contributed by atoms with E-state index in [-0.39, 0.29) is 0 Å². The number of nitrogens with zero attached hydrogens (tertiary/aromatic N) is 2. The van der Waals surface area contributed by atoms with Crippen LogP contribution in [0.3, 0.4) is 0 Å². The molecule has 0 unspecified atom stereocenters. The Kier molecular flexibility index (Phi) is 6.55. The molecule has 3 heteroatoms. The first-order valence-corrected chi connectivity index (χ1v) is 18.1. The maximum absolute atomic E-state index is 6.44. The van der Waals surface area contributed by atoms with Gasteiger partial charge in [-0.2, -0.15) is 0 Å². The van der Waals surface area contributed by atoms with E-state index < -0.39 is 0 Å². The van der Waals surface area contributed by atoms with Crippen LogP contribution in [-0.4, -0.2) is 4.57 Å². The first kappa shape index (κ1) is 29.6. The zero-order valence-corrected chi connectivity index (χ0v) is 28.8. The molecule has 9 aromatic carbocycles. The molecular formula is C50H32N2O. The summed E-state index contributed by atoms with van der Waals surface area (Å²) in [5, 5.41) is 9.45. The molecule has 248 valence electrons. The van der Waals surface area contributed by atoms with Crippen LogP contribution < -0.4 is 4.90 Å². The van der Waals surface area contributed by atoms with Gasteiger partial charge >= 0.3 is 0 Å². The van der Waals surface area contributed by atoms with Gasteiger partial charge < -0.3 is 13.9 Å². The van der Waals surface area contributed by atoms with E-state index in [4.69, 9.17) is 4.42 Å². The summed E-state index contributed by atoms with van der Waals surface area (Å²) >= 11 is 0. The van der Waals surface area contributed by atoms with Gasteiger partial charge in [0, 0.05) is 38.6 Å². The summed E-state index contributed by atoms with van der Waals surface area (Å²) in [7, 11) is 0. The number of fused-ring (bicyclic) bond motifs is 8. The van der Waals surface area contributed by atoms with E-state index in [1.165, 1.54) is 49.0 Å². The Morgan fingerprint density at radius 3 is 1.72 bits per heavy atom. The lowest BCUT2D eigenvalue weighted by molar-refractivity contribution is 0.669. The van der Waals surface area contributed by atoms with Crippen LogP contribution in [0, 0.1) is 0 Å². The summed E-state index contributed by atoms with van der Waals surface area (Å²) in [6.45, 7) is 0. The highest BCUT2D eigenvalue weighted by atomic mass is 16.3. The predicted molar refractivity (Wildman–Crippen MR) is 223 cm³/mol. The summed E-state index contributed by atoms with van der Waals surface area (Å²) in [6, 6.07) is 69.8. The zero-order chi connectivity index (χ0) is 34.9. The smallest absolute Gasteiger partial charge is 0.136 e. The van der Waals surface area contributed by atoms with Gasteiger partial charge in [0.05, 0.1) is 16.7 Å². The van der Waals surface area contributed by atoms with Crippen molar-refractivity contribution in [3.63, 3.8) is 0 Å². The molecule has 0 saturated heterocycles. The molecule has 0 aliphatic carbocycles. The molecule has 3 nitrogen and oxygen atoms in total. The number of para-hydroxylation sites is 1. The Hall–Kier alpha value is -7.10. The second-order valence-electron chi connectivity index (χ2n) is 13.8. The number of benzene rings is 9. The van der Waals surface area contributed by atoms with Crippen LogP contribution in [0.15, 0.2) is 199 Å². The van der Waals surface area contributed by atoms with Gasteiger partial charge in [0.25, 0.3) is 0 Å². The van der Waals surface area contributed by atoms with E-state index in [2.05, 4.69) is 204 Å². The molecule has 0 fully saturated rings. The molecule has 11 rings (SSSR count). The molecule has 0 aliphatic rings. The Bertz CT molecular complexity index is 3160. The third-order valence-electron chi connectivity index (χ3n) is 10.7. The lowest BCUT2D eigenvalue weighted by atomic mass is 10.0. The van der Waals surface area contributed by atoms with E-state index in [1.807, 2.05) is 0 Å². The largest absolute Gasteiger partial charge is 0.456 e. The highest BCUT2D eigenvalue weighted by Crippen LogP contribution is 2.46. The molecule has 0 N–H and O–H groups in total. The molecule has 0 aliphatic heterocycles. The number of rotatable bonds is 5. The molecule has 2 aromatic heterocycles. The standard InChI is InChI=1S/C50H32N2O/c1-3-12-33(13-4-1)34-22-24-40(25-23-34)52-46-21-11-20-45(50(46)44-29-36-15-7-9-16-37(36)30-47(44)52)51(39-18-5-2-6-19-39)41-26-27-48-43(32-41)42-28-35-14-8-10-17-38(35)31-49(42)53-48/h1-32H. The van der Waals surface area contributed by atoms with E-state index in [0.717, 1.165) is 50.2 Å². The SMILES string of the molecule is c1ccc(-c2ccc(-n3c4cc5ccccc5cc4c4c(N(c5ccccc5)c5ccc6oc7cc8ccccc8cc7c6c5)cccc43)cc2)cc1. The van der Waals surface area contributed by atoms with Gasteiger partial charge in [-0.05, 0) is 112 Å². The summed E-state index contributed by atoms with van der Waals surface area (Å²) in [4.78, 5) is 2.40. The Balaban J connectivity index is 1.18. The fourth-order valence-corrected chi connectivity index (χ4v) is 8.23. The first-order valence-electron chi connectivity index (χ1n) is 18.1. The van der Waals surface area contributed by atoms with Crippen molar-refractivity contribution >= 4 is 82.4 Å². The molecule has 0 atom stereocenters. The fraction of sp³-hybridized carbons (Fsp3) is 0. The predicted octanol–water partition coefficient (Wildman–Crippen LogP) is 14.1. The van der Waals surface area contributed by atoms with E-state index in [1.54, 1.807) is 0 Å². The van der Waals surface area contributed by atoms with Gasteiger partial charge in [-0.15, -0.1) is 0 Å². The lowest BCUT2D eigenvalue weighted by Gasteiger charge is -2.26. The van der Waals surface area contributed by atoms with Crippen molar-refractivity contribution in [1.82, 2.24) is 4.57 Å². The quantitative estimate of drug-likeness (QED) is 0.181.